The lowest BCUT2D eigenvalue weighted by Crippen LogP contribution is -2.65. The summed E-state index contributed by atoms with van der Waals surface area (Å²) in [5.74, 6) is 0.392. The Kier molecular flexibility index (Phi) is 9.72. The van der Waals surface area contributed by atoms with E-state index in [2.05, 4.69) is 50.2 Å². The highest BCUT2D eigenvalue weighted by Gasteiger charge is 2.52. The van der Waals surface area contributed by atoms with E-state index in [9.17, 15) is 9.59 Å². The van der Waals surface area contributed by atoms with Crippen molar-refractivity contribution in [3.8, 4) is 0 Å². The molecule has 35 heavy (non-hydrogen) atoms. The van der Waals surface area contributed by atoms with E-state index in [1.54, 1.807) is 6.92 Å². The van der Waals surface area contributed by atoms with Crippen LogP contribution < -0.4 is 10.6 Å². The minimum absolute atomic E-state index is 0.00732. The molecule has 2 aliphatic heterocycles. The van der Waals surface area contributed by atoms with Gasteiger partial charge in [-0.15, -0.1) is 0 Å². The third-order valence-corrected chi connectivity index (χ3v) is 8.96. The van der Waals surface area contributed by atoms with Crippen molar-refractivity contribution in [2.45, 2.75) is 122 Å². The molecule has 2 amide bonds. The van der Waals surface area contributed by atoms with Gasteiger partial charge < -0.3 is 24.8 Å². The van der Waals surface area contributed by atoms with E-state index in [1.807, 2.05) is 0 Å². The van der Waals surface area contributed by atoms with E-state index in [4.69, 9.17) is 9.31 Å². The van der Waals surface area contributed by atoms with Crippen LogP contribution in [0, 0.1) is 11.8 Å². The molecule has 0 aromatic heterocycles. The van der Waals surface area contributed by atoms with Crippen molar-refractivity contribution in [1.29, 1.82) is 0 Å². The standard InChI is InChI=1S/C27H50BN3O4/c1-7-8-16-29-24(33)27(30-21(2)32)20-22(11-12-23(27)14-19-31-17-9-10-18-31)13-15-28-34-25(3,4)26(5,6)35-28/h22-23H,7-20H2,1-6H3,(H,29,33)(H,30,32). The van der Waals surface area contributed by atoms with Crippen LogP contribution in [0.4, 0.5) is 0 Å². The van der Waals surface area contributed by atoms with Gasteiger partial charge in [0.05, 0.1) is 11.2 Å². The fraction of sp³-hybridized carbons (Fsp3) is 0.926. The number of likely N-dealkylation sites (tertiary alicyclic amines) is 1. The van der Waals surface area contributed by atoms with E-state index in [0.717, 1.165) is 64.5 Å². The lowest BCUT2D eigenvalue weighted by atomic mass is 9.64. The Morgan fingerprint density at radius 1 is 1.03 bits per heavy atom. The molecule has 3 rings (SSSR count). The van der Waals surface area contributed by atoms with Crippen LogP contribution in [-0.4, -0.2) is 66.8 Å². The number of amides is 2. The zero-order valence-electron chi connectivity index (χ0n) is 23.2. The number of unbranched alkanes of at least 4 members (excludes halogenated alkanes) is 1. The second-order valence-corrected chi connectivity index (χ2v) is 12.2. The molecule has 3 unspecified atom stereocenters. The summed E-state index contributed by atoms with van der Waals surface area (Å²) in [6.45, 7) is 16.0. The Balaban J connectivity index is 1.71. The minimum Gasteiger partial charge on any atom is -0.403 e. The number of nitrogens with zero attached hydrogens (tertiary/aromatic N) is 1. The summed E-state index contributed by atoms with van der Waals surface area (Å²) in [6.07, 6.45) is 9.92. The second kappa shape index (κ2) is 12.0. The molecular formula is C27H50BN3O4. The van der Waals surface area contributed by atoms with Gasteiger partial charge >= 0.3 is 7.12 Å². The van der Waals surface area contributed by atoms with Crippen LogP contribution in [0.5, 0.6) is 0 Å². The smallest absolute Gasteiger partial charge is 0.403 e. The normalized spacial score (nSPS) is 30.4. The molecule has 0 aromatic carbocycles. The molecular weight excluding hydrogens is 441 g/mol. The van der Waals surface area contributed by atoms with Crippen molar-refractivity contribution in [1.82, 2.24) is 15.5 Å². The molecule has 2 saturated heterocycles. The zero-order chi connectivity index (χ0) is 25.7. The summed E-state index contributed by atoms with van der Waals surface area (Å²) in [5.41, 5.74) is -1.49. The van der Waals surface area contributed by atoms with Crippen LogP contribution in [0.3, 0.4) is 0 Å². The zero-order valence-corrected chi connectivity index (χ0v) is 23.2. The number of hydrogen-bond donors (Lipinski definition) is 2. The molecule has 8 heteroatoms. The SMILES string of the molecule is CCCCNC(=O)C1(NC(C)=O)CC(CCB2OC(C)(C)C(C)(C)O2)CCC1CCN1CCCC1. The fourth-order valence-corrected chi connectivity index (χ4v) is 6.18. The molecule has 2 N–H and O–H groups in total. The topological polar surface area (TPSA) is 79.9 Å². The van der Waals surface area contributed by atoms with Gasteiger partial charge in [0.25, 0.3) is 0 Å². The molecule has 0 bridgehead atoms. The maximum atomic E-state index is 13.7. The van der Waals surface area contributed by atoms with Crippen molar-refractivity contribution >= 4 is 18.9 Å². The summed E-state index contributed by atoms with van der Waals surface area (Å²) < 4.78 is 12.4. The van der Waals surface area contributed by atoms with Gasteiger partial charge in [-0.2, -0.15) is 0 Å². The third-order valence-electron chi connectivity index (χ3n) is 8.96. The first-order valence-corrected chi connectivity index (χ1v) is 14.1. The van der Waals surface area contributed by atoms with Crippen LogP contribution in [0.1, 0.15) is 99.3 Å². The molecule has 0 spiro atoms. The van der Waals surface area contributed by atoms with Gasteiger partial charge in [-0.1, -0.05) is 26.2 Å². The molecule has 1 saturated carbocycles. The highest BCUT2D eigenvalue weighted by Crippen LogP contribution is 2.43. The van der Waals surface area contributed by atoms with Gasteiger partial charge in [0.15, 0.2) is 0 Å². The number of hydrogen-bond acceptors (Lipinski definition) is 5. The first-order valence-electron chi connectivity index (χ1n) is 14.1. The van der Waals surface area contributed by atoms with Crippen LogP contribution in [-0.2, 0) is 18.9 Å². The van der Waals surface area contributed by atoms with Crippen molar-refractivity contribution in [2.75, 3.05) is 26.2 Å². The monoisotopic (exact) mass is 491 g/mol. The molecule has 2 heterocycles. The largest absolute Gasteiger partial charge is 0.457 e. The Labute approximate surface area is 214 Å². The average Bonchev–Trinajstić information content (AvgIpc) is 3.36. The summed E-state index contributed by atoms with van der Waals surface area (Å²) >= 11 is 0. The molecule has 200 valence electrons. The van der Waals surface area contributed by atoms with Crippen molar-refractivity contribution in [3.63, 3.8) is 0 Å². The first-order chi connectivity index (χ1) is 16.5. The summed E-state index contributed by atoms with van der Waals surface area (Å²) in [7, 11) is -0.221. The van der Waals surface area contributed by atoms with Gasteiger partial charge in [-0.05, 0) is 104 Å². The van der Waals surface area contributed by atoms with E-state index >= 15 is 0 Å². The highest BCUT2D eigenvalue weighted by atomic mass is 16.7. The quantitative estimate of drug-likeness (QED) is 0.335. The highest BCUT2D eigenvalue weighted by molar-refractivity contribution is 6.45. The van der Waals surface area contributed by atoms with Gasteiger partial charge in [0.1, 0.15) is 5.54 Å². The Bertz CT molecular complexity index is 709. The Morgan fingerprint density at radius 3 is 2.29 bits per heavy atom. The molecule has 1 aliphatic carbocycles. The maximum Gasteiger partial charge on any atom is 0.457 e. The van der Waals surface area contributed by atoms with E-state index < -0.39 is 5.54 Å². The van der Waals surface area contributed by atoms with E-state index in [-0.39, 0.29) is 36.1 Å². The van der Waals surface area contributed by atoms with Gasteiger partial charge in [0, 0.05) is 13.5 Å². The predicted molar refractivity (Wildman–Crippen MR) is 141 cm³/mol. The molecule has 0 radical (unpaired) electrons. The van der Waals surface area contributed by atoms with Crippen LogP contribution in [0.25, 0.3) is 0 Å². The number of nitrogens with one attached hydrogen (secondary N) is 2. The fourth-order valence-electron chi connectivity index (χ4n) is 6.18. The predicted octanol–water partition coefficient (Wildman–Crippen LogP) is 4.16. The first kappa shape index (κ1) is 28.5. The summed E-state index contributed by atoms with van der Waals surface area (Å²) in [6, 6.07) is 0. The molecule has 3 atom stereocenters. The van der Waals surface area contributed by atoms with Crippen molar-refractivity contribution in [3.05, 3.63) is 0 Å². The number of rotatable bonds is 11. The summed E-state index contributed by atoms with van der Waals surface area (Å²) in [5, 5.41) is 6.38. The molecule has 3 fully saturated rings. The number of carbonyl (C=O) groups is 2. The van der Waals surface area contributed by atoms with Crippen LogP contribution >= 0.6 is 0 Å². The molecule has 7 nitrogen and oxygen atoms in total. The Morgan fingerprint density at radius 2 is 1.69 bits per heavy atom. The number of carbonyl (C=O) groups excluding carboxylic acids is 2. The Hall–Kier alpha value is -1.12. The maximum absolute atomic E-state index is 13.7. The third kappa shape index (κ3) is 7.01. The van der Waals surface area contributed by atoms with Crippen LogP contribution in [0.15, 0.2) is 0 Å². The average molecular weight is 492 g/mol. The van der Waals surface area contributed by atoms with Crippen molar-refractivity contribution in [2.24, 2.45) is 11.8 Å². The van der Waals surface area contributed by atoms with Crippen molar-refractivity contribution < 1.29 is 18.9 Å². The second-order valence-electron chi connectivity index (χ2n) is 12.2. The van der Waals surface area contributed by atoms with E-state index in [1.165, 1.54) is 12.8 Å². The van der Waals surface area contributed by atoms with Gasteiger partial charge in [-0.3, -0.25) is 9.59 Å². The van der Waals surface area contributed by atoms with E-state index in [0.29, 0.717) is 18.9 Å². The lowest BCUT2D eigenvalue weighted by molar-refractivity contribution is -0.138. The summed E-state index contributed by atoms with van der Waals surface area (Å²) in [4.78, 5) is 28.7. The minimum atomic E-state index is -0.835. The molecule has 3 aliphatic rings. The van der Waals surface area contributed by atoms with Gasteiger partial charge in [0.2, 0.25) is 11.8 Å². The molecule has 0 aromatic rings. The van der Waals surface area contributed by atoms with Crippen LogP contribution in [0.2, 0.25) is 6.32 Å². The lowest BCUT2D eigenvalue weighted by Gasteiger charge is -2.46. The van der Waals surface area contributed by atoms with Gasteiger partial charge in [-0.25, -0.2) is 0 Å².